The predicted molar refractivity (Wildman–Crippen MR) is 207 cm³/mol. The van der Waals surface area contributed by atoms with Crippen LogP contribution in [0.4, 0.5) is 5.69 Å². The van der Waals surface area contributed by atoms with E-state index < -0.39 is 35.0 Å². The number of rotatable bonds is 8. The molecule has 4 aromatic carbocycles. The van der Waals surface area contributed by atoms with Gasteiger partial charge in [-0.05, 0) is 84.8 Å². The van der Waals surface area contributed by atoms with Crippen molar-refractivity contribution in [1.82, 2.24) is 0 Å². The quantitative estimate of drug-likeness (QED) is 0.115. The SMILES string of the molecule is COc1cc(C=CC2C3=CCC4C(=O)N(c5ccc(C(C)=O)cc5)C(=O)C4C3CC3C(=O)C(c4ccccc4)=CC(=O)C23c2ccccc2)cc(OC)c1O. The average Bonchev–Trinajstić information content (AvgIpc) is 3.47. The summed E-state index contributed by atoms with van der Waals surface area (Å²) in [7, 11) is 2.88. The lowest BCUT2D eigenvalue weighted by atomic mass is 9.45. The maximum atomic E-state index is 15.2. The number of phenols is 1. The largest absolute Gasteiger partial charge is 0.502 e. The molecule has 1 aliphatic heterocycles. The van der Waals surface area contributed by atoms with Crippen LogP contribution in [0.2, 0.25) is 0 Å². The van der Waals surface area contributed by atoms with E-state index in [1.165, 1.54) is 32.1 Å². The van der Waals surface area contributed by atoms with E-state index in [0.717, 1.165) is 5.57 Å². The van der Waals surface area contributed by atoms with Gasteiger partial charge in [-0.1, -0.05) is 84.5 Å². The number of aromatic hydroxyl groups is 1. The second-order valence-electron chi connectivity index (χ2n) is 14.6. The van der Waals surface area contributed by atoms with Crippen LogP contribution in [0.5, 0.6) is 17.2 Å². The zero-order chi connectivity index (χ0) is 38.6. The van der Waals surface area contributed by atoms with Gasteiger partial charge in [0, 0.05) is 23.0 Å². The number of anilines is 1. The Hall–Kier alpha value is -6.35. The van der Waals surface area contributed by atoms with Crippen LogP contribution in [0.15, 0.2) is 121 Å². The first-order valence-electron chi connectivity index (χ1n) is 18.3. The molecule has 0 radical (unpaired) electrons. The molecule has 0 spiro atoms. The maximum Gasteiger partial charge on any atom is 0.238 e. The molecule has 2 fully saturated rings. The van der Waals surface area contributed by atoms with Gasteiger partial charge in [0.15, 0.2) is 28.8 Å². The molecule has 1 saturated heterocycles. The third kappa shape index (κ3) is 5.56. The first-order valence-corrected chi connectivity index (χ1v) is 18.3. The van der Waals surface area contributed by atoms with Gasteiger partial charge in [-0.15, -0.1) is 0 Å². The summed E-state index contributed by atoms with van der Waals surface area (Å²) < 4.78 is 10.9. The fourth-order valence-corrected chi connectivity index (χ4v) is 9.44. The van der Waals surface area contributed by atoms with E-state index in [1.807, 2.05) is 78.9 Å². The van der Waals surface area contributed by atoms with Gasteiger partial charge in [-0.25, -0.2) is 0 Å². The summed E-state index contributed by atoms with van der Waals surface area (Å²) in [5.74, 6) is -4.56. The Labute approximate surface area is 318 Å². The average molecular weight is 734 g/mol. The molecule has 4 aromatic rings. The number of allylic oxidation sites excluding steroid dienone is 5. The Kier molecular flexibility index (Phi) is 8.96. The molecule has 9 nitrogen and oxygen atoms in total. The smallest absolute Gasteiger partial charge is 0.238 e. The highest BCUT2D eigenvalue weighted by molar-refractivity contribution is 6.31. The van der Waals surface area contributed by atoms with Crippen molar-refractivity contribution < 1.29 is 38.6 Å². The number of ketones is 3. The summed E-state index contributed by atoms with van der Waals surface area (Å²) in [6, 6.07) is 28.2. The third-order valence-electron chi connectivity index (χ3n) is 12.0. The molecule has 0 bridgehead atoms. The molecule has 4 aliphatic rings. The van der Waals surface area contributed by atoms with Crippen molar-refractivity contribution in [2.45, 2.75) is 25.2 Å². The number of ether oxygens (including phenoxy) is 2. The zero-order valence-corrected chi connectivity index (χ0v) is 30.6. The summed E-state index contributed by atoms with van der Waals surface area (Å²) in [4.78, 5) is 72.2. The molecule has 3 aliphatic carbocycles. The van der Waals surface area contributed by atoms with Gasteiger partial charge >= 0.3 is 0 Å². The van der Waals surface area contributed by atoms with Gasteiger partial charge in [0.25, 0.3) is 0 Å². The van der Waals surface area contributed by atoms with Crippen LogP contribution in [0, 0.1) is 29.6 Å². The lowest BCUT2D eigenvalue weighted by Crippen LogP contribution is -2.59. The van der Waals surface area contributed by atoms with Crippen molar-refractivity contribution >= 4 is 46.5 Å². The summed E-state index contributed by atoms with van der Waals surface area (Å²) in [5.41, 5.74) is 2.55. The lowest BCUT2D eigenvalue weighted by molar-refractivity contribution is -0.135. The molecule has 2 amide bonds. The Morgan fingerprint density at radius 1 is 0.836 bits per heavy atom. The fraction of sp³-hybridized carbons (Fsp3) is 0.239. The topological polar surface area (TPSA) is 127 Å². The number of carbonyl (C=O) groups is 5. The van der Waals surface area contributed by atoms with Gasteiger partial charge in [-0.3, -0.25) is 28.9 Å². The Balaban J connectivity index is 1.31. The minimum atomic E-state index is -1.37. The number of methoxy groups -OCH3 is 2. The number of phenolic OH excluding ortho intramolecular Hbond substituents is 1. The zero-order valence-electron chi connectivity index (χ0n) is 30.6. The molecule has 276 valence electrons. The number of amides is 2. The van der Waals surface area contributed by atoms with Crippen molar-refractivity contribution in [2.75, 3.05) is 19.1 Å². The number of carbonyl (C=O) groups excluding carboxylic acids is 5. The number of nitrogens with zero attached hydrogens (tertiary/aromatic N) is 1. The summed E-state index contributed by atoms with van der Waals surface area (Å²) in [6.07, 6.45) is 7.68. The number of hydrogen-bond acceptors (Lipinski definition) is 8. The van der Waals surface area contributed by atoms with Crippen LogP contribution in [-0.4, -0.2) is 48.5 Å². The number of hydrogen-bond donors (Lipinski definition) is 1. The second kappa shape index (κ2) is 13.8. The number of fused-ring (bicyclic) bond motifs is 4. The molecule has 1 heterocycles. The van der Waals surface area contributed by atoms with Gasteiger partial charge < -0.3 is 14.6 Å². The van der Waals surface area contributed by atoms with Crippen LogP contribution < -0.4 is 14.4 Å². The van der Waals surface area contributed by atoms with E-state index in [1.54, 1.807) is 36.4 Å². The fourth-order valence-electron chi connectivity index (χ4n) is 9.44. The maximum absolute atomic E-state index is 15.2. The molecular weight excluding hydrogens is 695 g/mol. The summed E-state index contributed by atoms with van der Waals surface area (Å²) in [6.45, 7) is 1.46. The van der Waals surface area contributed by atoms with E-state index in [0.29, 0.717) is 33.5 Å². The molecule has 0 aromatic heterocycles. The highest BCUT2D eigenvalue weighted by Gasteiger charge is 2.65. The molecule has 1 N–H and O–H groups in total. The van der Waals surface area contributed by atoms with Crippen molar-refractivity contribution in [2.24, 2.45) is 29.6 Å². The first kappa shape index (κ1) is 35.7. The molecule has 8 rings (SSSR count). The van der Waals surface area contributed by atoms with Crippen molar-refractivity contribution in [3.05, 3.63) is 143 Å². The van der Waals surface area contributed by atoms with E-state index in [-0.39, 0.29) is 59.3 Å². The lowest BCUT2D eigenvalue weighted by Gasteiger charge is -2.54. The molecule has 1 saturated carbocycles. The minimum Gasteiger partial charge on any atom is -0.502 e. The van der Waals surface area contributed by atoms with Crippen molar-refractivity contribution in [3.8, 4) is 17.2 Å². The Bertz CT molecular complexity index is 2320. The van der Waals surface area contributed by atoms with E-state index >= 15 is 9.59 Å². The van der Waals surface area contributed by atoms with Crippen LogP contribution in [0.3, 0.4) is 0 Å². The first-order chi connectivity index (χ1) is 26.6. The van der Waals surface area contributed by atoms with Gasteiger partial charge in [0.2, 0.25) is 17.6 Å². The predicted octanol–water partition coefficient (Wildman–Crippen LogP) is 7.19. The van der Waals surface area contributed by atoms with E-state index in [4.69, 9.17) is 9.47 Å². The summed E-state index contributed by atoms with van der Waals surface area (Å²) in [5, 5.41) is 10.6. The normalized spacial score (nSPS) is 25.9. The number of Topliss-reactive ketones (excluding diaryl/α,β-unsaturated/α-hetero) is 2. The van der Waals surface area contributed by atoms with Crippen LogP contribution in [-0.2, 0) is 24.6 Å². The molecule has 55 heavy (non-hydrogen) atoms. The van der Waals surface area contributed by atoms with Crippen molar-refractivity contribution in [1.29, 1.82) is 0 Å². The molecular formula is C46H39NO8. The number of benzene rings is 4. The van der Waals surface area contributed by atoms with Gasteiger partial charge in [0.05, 0.1) is 37.2 Å². The molecule has 9 heteroatoms. The molecule has 6 unspecified atom stereocenters. The highest BCUT2D eigenvalue weighted by Crippen LogP contribution is 2.61. The monoisotopic (exact) mass is 733 g/mol. The second-order valence-corrected chi connectivity index (χ2v) is 14.6. The Morgan fingerprint density at radius 3 is 2.09 bits per heavy atom. The standard InChI is InChI=1S/C46H39NO8/c1-26(48)28-15-17-31(18-16-28)47-44(52)33-20-19-32-35(41(33)45(47)53)24-37-42(50)34(29-10-6-4-7-11-29)25-40(49)46(37,30-12-8-5-9-13-30)36(32)21-14-27-22-38(54-2)43(51)39(23-27)55-3/h4-19,21-23,25,33,35-37,41,51H,20,24H2,1-3H3. The van der Waals surface area contributed by atoms with Gasteiger partial charge in [-0.2, -0.15) is 0 Å². The minimum absolute atomic E-state index is 0.129. The van der Waals surface area contributed by atoms with Crippen LogP contribution in [0.1, 0.15) is 46.8 Å². The van der Waals surface area contributed by atoms with E-state index in [9.17, 15) is 19.5 Å². The van der Waals surface area contributed by atoms with Crippen molar-refractivity contribution in [3.63, 3.8) is 0 Å². The van der Waals surface area contributed by atoms with Gasteiger partial charge in [0.1, 0.15) is 0 Å². The Morgan fingerprint density at radius 2 is 1.47 bits per heavy atom. The van der Waals surface area contributed by atoms with Crippen LogP contribution >= 0.6 is 0 Å². The van der Waals surface area contributed by atoms with E-state index in [2.05, 4.69) is 0 Å². The van der Waals surface area contributed by atoms with Crippen LogP contribution in [0.25, 0.3) is 11.6 Å². The number of imide groups is 1. The third-order valence-corrected chi connectivity index (χ3v) is 12.0. The summed E-state index contributed by atoms with van der Waals surface area (Å²) >= 11 is 0. The molecule has 6 atom stereocenters. The highest BCUT2D eigenvalue weighted by atomic mass is 16.5.